The molecule has 1 aromatic carbocycles. The topological polar surface area (TPSA) is 72.2 Å². The van der Waals surface area contributed by atoms with E-state index < -0.39 is 0 Å². The van der Waals surface area contributed by atoms with Gasteiger partial charge >= 0.3 is 0 Å². The number of hydrogen-bond donors (Lipinski definition) is 2. The van der Waals surface area contributed by atoms with Gasteiger partial charge in [-0.3, -0.25) is 0 Å². The van der Waals surface area contributed by atoms with Crippen molar-refractivity contribution in [3.8, 4) is 5.75 Å². The molecule has 1 heterocycles. The van der Waals surface area contributed by atoms with Gasteiger partial charge in [0, 0.05) is 11.8 Å². The van der Waals surface area contributed by atoms with Crippen LogP contribution in [0.1, 0.15) is 5.69 Å². The van der Waals surface area contributed by atoms with E-state index in [9.17, 15) is 0 Å². The number of rotatable bonds is 6. The van der Waals surface area contributed by atoms with Crippen LogP contribution in [0, 0.1) is 0 Å². The number of aliphatic hydroxyl groups excluding tert-OH is 1. The first kappa shape index (κ1) is 13.6. The first-order chi connectivity index (χ1) is 9.22. The van der Waals surface area contributed by atoms with Gasteiger partial charge in [0.05, 0.1) is 38.0 Å². The minimum absolute atomic E-state index is 0.0462. The second kappa shape index (κ2) is 6.40. The molecule has 0 spiro atoms. The van der Waals surface area contributed by atoms with E-state index in [2.05, 4.69) is 15.6 Å². The highest BCUT2D eigenvalue weighted by Gasteiger charge is 2.03. The smallest absolute Gasteiger partial charge is 0.139 e. The largest absolute Gasteiger partial charge is 0.495 e. The first-order valence-electron chi connectivity index (χ1n) is 5.80. The summed E-state index contributed by atoms with van der Waals surface area (Å²) in [5.74, 6) is 0.621. The number of aliphatic hydroxyl groups is 1. The summed E-state index contributed by atoms with van der Waals surface area (Å²) in [5, 5.41) is 20.4. The van der Waals surface area contributed by atoms with Crippen LogP contribution in [-0.2, 0) is 13.1 Å². The van der Waals surface area contributed by atoms with Crippen molar-refractivity contribution in [2.75, 3.05) is 19.0 Å². The number of anilines is 1. The van der Waals surface area contributed by atoms with Gasteiger partial charge in [0.1, 0.15) is 11.4 Å². The lowest BCUT2D eigenvalue weighted by Gasteiger charge is -2.07. The Morgan fingerprint density at radius 1 is 1.47 bits per heavy atom. The van der Waals surface area contributed by atoms with Crippen LogP contribution in [-0.4, -0.2) is 33.8 Å². The third-order valence-electron chi connectivity index (χ3n) is 2.54. The lowest BCUT2D eigenvalue weighted by atomic mass is 10.3. The van der Waals surface area contributed by atoms with Gasteiger partial charge in [0.2, 0.25) is 0 Å². The average molecular weight is 283 g/mol. The van der Waals surface area contributed by atoms with E-state index in [0.29, 0.717) is 23.9 Å². The van der Waals surface area contributed by atoms with Crippen LogP contribution in [0.5, 0.6) is 5.75 Å². The molecule has 0 fully saturated rings. The zero-order valence-electron chi connectivity index (χ0n) is 10.5. The molecule has 0 saturated carbocycles. The number of benzene rings is 1. The van der Waals surface area contributed by atoms with E-state index in [1.54, 1.807) is 24.1 Å². The van der Waals surface area contributed by atoms with Crippen LogP contribution in [0.4, 0.5) is 5.69 Å². The average Bonchev–Trinajstić information content (AvgIpc) is 2.86. The quantitative estimate of drug-likeness (QED) is 0.841. The zero-order valence-corrected chi connectivity index (χ0v) is 11.3. The van der Waals surface area contributed by atoms with Gasteiger partial charge in [-0.05, 0) is 12.1 Å². The molecule has 102 valence electrons. The van der Waals surface area contributed by atoms with Crippen LogP contribution in [0.15, 0.2) is 24.4 Å². The summed E-state index contributed by atoms with van der Waals surface area (Å²) in [7, 11) is 1.57. The fraction of sp³-hybridized carbons (Fsp3) is 0.333. The molecule has 0 aliphatic heterocycles. The Hall–Kier alpha value is -1.79. The fourth-order valence-corrected chi connectivity index (χ4v) is 1.79. The minimum atomic E-state index is 0.0462. The number of nitrogens with one attached hydrogen (secondary N) is 1. The predicted molar refractivity (Wildman–Crippen MR) is 72.4 cm³/mol. The van der Waals surface area contributed by atoms with Crippen LogP contribution in [0.3, 0.4) is 0 Å². The second-order valence-corrected chi connectivity index (χ2v) is 4.31. The Labute approximate surface area is 116 Å². The van der Waals surface area contributed by atoms with Gasteiger partial charge in [-0.15, -0.1) is 5.10 Å². The summed E-state index contributed by atoms with van der Waals surface area (Å²) >= 11 is 5.95. The molecule has 0 radical (unpaired) electrons. The number of ether oxygens (including phenoxy) is 1. The van der Waals surface area contributed by atoms with E-state index in [-0.39, 0.29) is 6.61 Å². The van der Waals surface area contributed by atoms with Gasteiger partial charge in [-0.2, -0.15) is 0 Å². The van der Waals surface area contributed by atoms with Crippen molar-refractivity contribution in [1.82, 2.24) is 15.0 Å². The highest BCUT2D eigenvalue weighted by Crippen LogP contribution is 2.27. The predicted octanol–water partition coefficient (Wildman–Crippen LogP) is 1.54. The third-order valence-corrected chi connectivity index (χ3v) is 2.85. The van der Waals surface area contributed by atoms with Crippen molar-refractivity contribution in [2.45, 2.75) is 13.1 Å². The Bertz CT molecular complexity index is 544. The monoisotopic (exact) mass is 282 g/mol. The molecule has 0 amide bonds. The van der Waals surface area contributed by atoms with E-state index in [0.717, 1.165) is 11.4 Å². The Kier molecular flexibility index (Phi) is 4.59. The molecule has 7 heteroatoms. The Morgan fingerprint density at radius 3 is 3.05 bits per heavy atom. The molecule has 2 rings (SSSR count). The SMILES string of the molecule is COc1cc(NCc2cn(CCO)nn2)ccc1Cl. The van der Waals surface area contributed by atoms with Crippen molar-refractivity contribution in [3.05, 3.63) is 35.1 Å². The lowest BCUT2D eigenvalue weighted by Crippen LogP contribution is -2.02. The molecule has 0 aliphatic carbocycles. The molecule has 0 saturated heterocycles. The number of methoxy groups -OCH3 is 1. The van der Waals surface area contributed by atoms with Crippen molar-refractivity contribution in [2.24, 2.45) is 0 Å². The van der Waals surface area contributed by atoms with Crippen LogP contribution in [0.25, 0.3) is 0 Å². The summed E-state index contributed by atoms with van der Waals surface area (Å²) in [6.07, 6.45) is 1.79. The summed E-state index contributed by atoms with van der Waals surface area (Å²) in [4.78, 5) is 0. The normalized spacial score (nSPS) is 10.5. The van der Waals surface area contributed by atoms with Crippen molar-refractivity contribution in [1.29, 1.82) is 0 Å². The molecule has 2 aromatic rings. The van der Waals surface area contributed by atoms with E-state index in [1.165, 1.54) is 0 Å². The molecule has 19 heavy (non-hydrogen) atoms. The molecule has 2 N–H and O–H groups in total. The highest BCUT2D eigenvalue weighted by atomic mass is 35.5. The molecule has 6 nitrogen and oxygen atoms in total. The maximum Gasteiger partial charge on any atom is 0.139 e. The third kappa shape index (κ3) is 3.59. The molecule has 0 atom stereocenters. The van der Waals surface area contributed by atoms with E-state index in [1.807, 2.05) is 12.1 Å². The summed E-state index contributed by atoms with van der Waals surface area (Å²) < 4.78 is 6.74. The van der Waals surface area contributed by atoms with E-state index >= 15 is 0 Å². The van der Waals surface area contributed by atoms with Gasteiger partial charge < -0.3 is 15.2 Å². The number of aromatic nitrogens is 3. The second-order valence-electron chi connectivity index (χ2n) is 3.90. The summed E-state index contributed by atoms with van der Waals surface area (Å²) in [6, 6.07) is 5.45. The lowest BCUT2D eigenvalue weighted by molar-refractivity contribution is 0.268. The highest BCUT2D eigenvalue weighted by molar-refractivity contribution is 6.32. The first-order valence-corrected chi connectivity index (χ1v) is 6.18. The maximum absolute atomic E-state index is 8.79. The van der Waals surface area contributed by atoms with Gasteiger partial charge in [0.25, 0.3) is 0 Å². The van der Waals surface area contributed by atoms with Crippen molar-refractivity contribution < 1.29 is 9.84 Å². The minimum Gasteiger partial charge on any atom is -0.495 e. The standard InChI is InChI=1S/C12H15ClN4O2/c1-19-12-6-9(2-3-11(12)13)14-7-10-8-17(4-5-18)16-15-10/h2-3,6,8,14,18H,4-5,7H2,1H3. The molecule has 0 bridgehead atoms. The molecule has 0 unspecified atom stereocenters. The molecular weight excluding hydrogens is 268 g/mol. The molecular formula is C12H15ClN4O2. The fourth-order valence-electron chi connectivity index (χ4n) is 1.59. The van der Waals surface area contributed by atoms with Crippen molar-refractivity contribution in [3.63, 3.8) is 0 Å². The number of nitrogens with zero attached hydrogens (tertiary/aromatic N) is 3. The van der Waals surface area contributed by atoms with E-state index in [4.69, 9.17) is 21.4 Å². The maximum atomic E-state index is 8.79. The number of halogens is 1. The van der Waals surface area contributed by atoms with Crippen LogP contribution >= 0.6 is 11.6 Å². The Morgan fingerprint density at radius 2 is 2.32 bits per heavy atom. The van der Waals surface area contributed by atoms with Crippen molar-refractivity contribution >= 4 is 17.3 Å². The Balaban J connectivity index is 1.97. The van der Waals surface area contributed by atoms with Crippen LogP contribution < -0.4 is 10.1 Å². The molecule has 1 aromatic heterocycles. The summed E-state index contributed by atoms with van der Waals surface area (Å²) in [5.41, 5.74) is 1.68. The summed E-state index contributed by atoms with van der Waals surface area (Å²) in [6.45, 7) is 1.03. The van der Waals surface area contributed by atoms with Gasteiger partial charge in [0.15, 0.2) is 0 Å². The van der Waals surface area contributed by atoms with Crippen LogP contribution in [0.2, 0.25) is 5.02 Å². The zero-order chi connectivity index (χ0) is 13.7. The van der Waals surface area contributed by atoms with Gasteiger partial charge in [-0.1, -0.05) is 16.8 Å². The molecule has 0 aliphatic rings. The van der Waals surface area contributed by atoms with Gasteiger partial charge in [-0.25, -0.2) is 4.68 Å². The number of hydrogen-bond acceptors (Lipinski definition) is 5.